The van der Waals surface area contributed by atoms with Gasteiger partial charge in [0.25, 0.3) is 0 Å². The van der Waals surface area contributed by atoms with Gasteiger partial charge in [-0.2, -0.15) is 9.37 Å². The van der Waals surface area contributed by atoms with Gasteiger partial charge in [0.1, 0.15) is 5.75 Å². The molecule has 38 heavy (non-hydrogen) atoms. The maximum absolute atomic E-state index is 15.3. The van der Waals surface area contributed by atoms with Crippen molar-refractivity contribution in [3.05, 3.63) is 82.8 Å². The van der Waals surface area contributed by atoms with E-state index in [1.807, 2.05) is 19.1 Å². The number of ether oxygens (including phenoxy) is 1. The number of fused-ring (bicyclic) bond motifs is 1. The number of nitrogens with one attached hydrogen (secondary N) is 1. The van der Waals surface area contributed by atoms with Gasteiger partial charge in [-0.15, -0.1) is 0 Å². The van der Waals surface area contributed by atoms with Gasteiger partial charge < -0.3 is 20.1 Å². The Hall–Kier alpha value is -3.45. The lowest BCUT2D eigenvalue weighted by atomic mass is 9.88. The molecule has 1 aromatic heterocycles. The largest absolute Gasteiger partial charge is 0.508 e. The Morgan fingerprint density at radius 2 is 1.89 bits per heavy atom. The molecule has 5 nitrogen and oxygen atoms in total. The van der Waals surface area contributed by atoms with Crippen LogP contribution in [0.5, 0.6) is 11.6 Å². The van der Waals surface area contributed by atoms with Crippen LogP contribution in [-0.2, 0) is 6.42 Å². The van der Waals surface area contributed by atoms with Gasteiger partial charge >= 0.3 is 0 Å². The van der Waals surface area contributed by atoms with Crippen LogP contribution in [-0.4, -0.2) is 53.9 Å². The van der Waals surface area contributed by atoms with E-state index in [4.69, 9.17) is 4.74 Å². The van der Waals surface area contributed by atoms with Crippen LogP contribution in [0.1, 0.15) is 54.9 Å². The van der Waals surface area contributed by atoms with E-state index in [0.717, 1.165) is 72.4 Å². The molecule has 0 saturated carbocycles. The van der Waals surface area contributed by atoms with Crippen molar-refractivity contribution in [3.8, 4) is 11.6 Å². The van der Waals surface area contributed by atoms with Gasteiger partial charge in [0, 0.05) is 43.0 Å². The summed E-state index contributed by atoms with van der Waals surface area (Å²) in [6.45, 7) is 4.70. The summed E-state index contributed by atoms with van der Waals surface area (Å²) < 4.78 is 33.3. The lowest BCUT2D eigenvalue weighted by Crippen LogP contribution is -2.27. The SMILES string of the molecule is CCOc1ccc(C2=C(c3ccc(N[C@H]4CCN(CCCF)C4)cc3)c3ccc(O)cc3CCC2)c(F)n1. The van der Waals surface area contributed by atoms with E-state index < -0.39 is 5.95 Å². The lowest BCUT2D eigenvalue weighted by Gasteiger charge is -2.19. The van der Waals surface area contributed by atoms with Crippen LogP contribution in [0.2, 0.25) is 0 Å². The van der Waals surface area contributed by atoms with Crippen LogP contribution < -0.4 is 10.1 Å². The number of pyridine rings is 1. The molecule has 1 saturated heterocycles. The highest BCUT2D eigenvalue weighted by Gasteiger charge is 2.24. The second kappa shape index (κ2) is 11.9. The van der Waals surface area contributed by atoms with E-state index in [2.05, 4.69) is 39.5 Å². The Bertz CT molecular complexity index is 1290. The number of nitrogens with zero attached hydrogens (tertiary/aromatic N) is 2. The number of hydrogen-bond donors (Lipinski definition) is 2. The van der Waals surface area contributed by atoms with Crippen molar-refractivity contribution in [1.82, 2.24) is 9.88 Å². The van der Waals surface area contributed by atoms with Gasteiger partial charge in [0.05, 0.1) is 13.3 Å². The number of aryl methyl sites for hydroxylation is 1. The summed E-state index contributed by atoms with van der Waals surface area (Å²) in [6.07, 6.45) is 3.94. The molecule has 200 valence electrons. The average Bonchev–Trinajstić information content (AvgIpc) is 3.27. The number of anilines is 1. The number of phenols is 1. The monoisotopic (exact) mass is 519 g/mol. The summed E-state index contributed by atoms with van der Waals surface area (Å²) in [5.41, 5.74) is 6.42. The number of likely N-dealkylation sites (tertiary alicyclic amines) is 1. The first-order valence-electron chi connectivity index (χ1n) is 13.6. The third kappa shape index (κ3) is 5.83. The number of aromatic nitrogens is 1. The van der Waals surface area contributed by atoms with Crippen molar-refractivity contribution in [2.24, 2.45) is 0 Å². The van der Waals surface area contributed by atoms with E-state index in [0.29, 0.717) is 31.1 Å². The van der Waals surface area contributed by atoms with E-state index >= 15 is 4.39 Å². The van der Waals surface area contributed by atoms with Crippen LogP contribution in [0.3, 0.4) is 0 Å². The molecule has 5 rings (SSSR count). The molecule has 2 aromatic carbocycles. The fraction of sp³-hybridized carbons (Fsp3) is 0.387. The number of phenolic OH excluding ortho intramolecular Hbond substituents is 1. The topological polar surface area (TPSA) is 57.6 Å². The minimum atomic E-state index is -0.539. The Morgan fingerprint density at radius 3 is 2.66 bits per heavy atom. The zero-order valence-corrected chi connectivity index (χ0v) is 21.9. The van der Waals surface area contributed by atoms with Gasteiger partial charge in [-0.25, -0.2) is 0 Å². The van der Waals surface area contributed by atoms with Gasteiger partial charge in [-0.05, 0) is 97.2 Å². The smallest absolute Gasteiger partial charge is 0.223 e. The van der Waals surface area contributed by atoms with E-state index in [1.54, 1.807) is 18.2 Å². The molecule has 0 bridgehead atoms. The summed E-state index contributed by atoms with van der Waals surface area (Å²) in [5.74, 6) is -0.0277. The number of alkyl halides is 1. The number of halogens is 2. The van der Waals surface area contributed by atoms with Crippen LogP contribution in [0, 0.1) is 5.95 Å². The molecule has 2 heterocycles. The van der Waals surface area contributed by atoms with Crippen molar-refractivity contribution in [3.63, 3.8) is 0 Å². The van der Waals surface area contributed by atoms with Crippen molar-refractivity contribution in [1.29, 1.82) is 0 Å². The number of rotatable bonds is 9. The molecule has 3 aromatic rings. The highest BCUT2D eigenvalue weighted by Crippen LogP contribution is 2.41. The summed E-state index contributed by atoms with van der Waals surface area (Å²) >= 11 is 0. The van der Waals surface area contributed by atoms with E-state index in [-0.39, 0.29) is 18.3 Å². The molecule has 1 aliphatic carbocycles. The standard InChI is InChI=1S/C31H35F2N3O2/c1-2-38-29-14-13-28(31(33)35-29)27-6-3-5-22-19-25(37)11-12-26(22)30(27)21-7-9-23(10-8-21)34-24-15-18-36(20-24)17-4-16-32/h7-14,19,24,34,37H,2-6,15-18,20H2,1H3/t24-/m0/s1. The third-order valence-corrected chi connectivity index (χ3v) is 7.40. The van der Waals surface area contributed by atoms with Gasteiger partial charge in [0.15, 0.2) is 0 Å². The number of aromatic hydroxyl groups is 1. The Labute approximate surface area is 223 Å². The first-order valence-corrected chi connectivity index (χ1v) is 13.6. The number of benzene rings is 2. The van der Waals surface area contributed by atoms with Crippen molar-refractivity contribution in [2.75, 3.05) is 38.2 Å². The zero-order valence-electron chi connectivity index (χ0n) is 21.9. The van der Waals surface area contributed by atoms with E-state index in [1.165, 1.54) is 0 Å². The minimum Gasteiger partial charge on any atom is -0.508 e. The quantitative estimate of drug-likeness (QED) is 0.318. The summed E-state index contributed by atoms with van der Waals surface area (Å²) in [4.78, 5) is 6.37. The average molecular weight is 520 g/mol. The van der Waals surface area contributed by atoms with Crippen molar-refractivity contribution in [2.45, 2.75) is 45.1 Å². The number of hydrogen-bond acceptors (Lipinski definition) is 5. The Kier molecular flexibility index (Phi) is 8.23. The fourth-order valence-electron chi connectivity index (χ4n) is 5.65. The molecule has 7 heteroatoms. The minimum absolute atomic E-state index is 0.233. The first-order chi connectivity index (χ1) is 18.6. The molecule has 1 fully saturated rings. The first kappa shape index (κ1) is 26.2. The summed E-state index contributed by atoms with van der Waals surface area (Å²) in [5, 5.41) is 13.8. The highest BCUT2D eigenvalue weighted by atomic mass is 19.1. The molecule has 2 aliphatic rings. The van der Waals surface area contributed by atoms with Gasteiger partial charge in [0.2, 0.25) is 11.8 Å². The summed E-state index contributed by atoms with van der Waals surface area (Å²) in [6, 6.07) is 17.6. The predicted octanol–water partition coefficient (Wildman–Crippen LogP) is 6.47. The zero-order chi connectivity index (χ0) is 26.5. The van der Waals surface area contributed by atoms with Crippen LogP contribution in [0.25, 0.3) is 11.1 Å². The number of allylic oxidation sites excluding steroid dienone is 1. The third-order valence-electron chi connectivity index (χ3n) is 7.40. The maximum Gasteiger partial charge on any atom is 0.223 e. The second-order valence-electron chi connectivity index (χ2n) is 10.0. The Morgan fingerprint density at radius 1 is 1.08 bits per heavy atom. The molecule has 0 unspecified atom stereocenters. The molecule has 1 atom stereocenters. The molecule has 0 spiro atoms. The summed E-state index contributed by atoms with van der Waals surface area (Å²) in [7, 11) is 0. The molecular formula is C31H35F2N3O2. The second-order valence-corrected chi connectivity index (χ2v) is 10.0. The van der Waals surface area contributed by atoms with E-state index in [9.17, 15) is 9.50 Å². The van der Waals surface area contributed by atoms with Crippen LogP contribution >= 0.6 is 0 Å². The molecule has 1 aliphatic heterocycles. The molecular weight excluding hydrogens is 484 g/mol. The molecule has 0 amide bonds. The molecule has 0 radical (unpaired) electrons. The fourth-order valence-corrected chi connectivity index (χ4v) is 5.65. The van der Waals surface area contributed by atoms with Crippen LogP contribution in [0.4, 0.5) is 14.5 Å². The maximum atomic E-state index is 15.3. The van der Waals surface area contributed by atoms with Crippen molar-refractivity contribution >= 4 is 16.8 Å². The van der Waals surface area contributed by atoms with Gasteiger partial charge in [-0.3, -0.25) is 4.39 Å². The highest BCUT2D eigenvalue weighted by molar-refractivity contribution is 6.00. The molecule has 2 N–H and O–H groups in total. The Balaban J connectivity index is 1.49. The predicted molar refractivity (Wildman–Crippen MR) is 148 cm³/mol. The van der Waals surface area contributed by atoms with Crippen molar-refractivity contribution < 1.29 is 18.6 Å². The lowest BCUT2D eigenvalue weighted by molar-refractivity contribution is 0.310. The van der Waals surface area contributed by atoms with Gasteiger partial charge in [-0.1, -0.05) is 18.2 Å². The normalized spacial score (nSPS) is 17.8. The van der Waals surface area contributed by atoms with Crippen LogP contribution in [0.15, 0.2) is 54.6 Å².